The molecule has 1 saturated carbocycles. The number of primary amides is 1. The van der Waals surface area contributed by atoms with Gasteiger partial charge in [0.2, 0.25) is 5.92 Å². The Kier molecular flexibility index (Phi) is 5.28. The van der Waals surface area contributed by atoms with Gasteiger partial charge in [-0.2, -0.15) is 0 Å². The van der Waals surface area contributed by atoms with Gasteiger partial charge in [0, 0.05) is 46.8 Å². The summed E-state index contributed by atoms with van der Waals surface area (Å²) in [6.07, 6.45) is 0.819. The van der Waals surface area contributed by atoms with Gasteiger partial charge in [-0.1, -0.05) is 29.3 Å². The third-order valence-electron chi connectivity index (χ3n) is 5.58. The van der Waals surface area contributed by atoms with Crippen LogP contribution in [0.4, 0.5) is 8.78 Å². The van der Waals surface area contributed by atoms with Crippen LogP contribution in [-0.2, 0) is 0 Å². The van der Waals surface area contributed by atoms with Crippen LogP contribution in [-0.4, -0.2) is 21.8 Å². The molecular formula is C21H17Cl2F2N3O2. The molecule has 0 spiro atoms. The highest BCUT2D eigenvalue weighted by atomic mass is 35.5. The van der Waals surface area contributed by atoms with Crippen LogP contribution in [0.3, 0.4) is 0 Å². The van der Waals surface area contributed by atoms with Crippen LogP contribution in [0.1, 0.15) is 52.8 Å². The normalized spacial score (nSPS) is 20.9. The lowest BCUT2D eigenvalue weighted by Crippen LogP contribution is -2.31. The van der Waals surface area contributed by atoms with Crippen LogP contribution >= 0.6 is 23.2 Å². The molecule has 2 heterocycles. The zero-order valence-electron chi connectivity index (χ0n) is 15.6. The summed E-state index contributed by atoms with van der Waals surface area (Å²) >= 11 is 12.4. The molecule has 2 aromatic heterocycles. The van der Waals surface area contributed by atoms with Crippen LogP contribution in [0.2, 0.25) is 10.0 Å². The van der Waals surface area contributed by atoms with Gasteiger partial charge in [-0.25, -0.2) is 8.78 Å². The highest BCUT2D eigenvalue weighted by Crippen LogP contribution is 2.50. The number of alkyl halides is 2. The van der Waals surface area contributed by atoms with Gasteiger partial charge in [0.25, 0.3) is 5.91 Å². The second kappa shape index (κ2) is 7.63. The molecule has 1 aliphatic carbocycles. The van der Waals surface area contributed by atoms with E-state index in [1.165, 1.54) is 18.3 Å². The Morgan fingerprint density at radius 1 is 1.20 bits per heavy atom. The summed E-state index contributed by atoms with van der Waals surface area (Å²) in [5.74, 6) is -4.73. The van der Waals surface area contributed by atoms with E-state index in [-0.39, 0.29) is 29.8 Å². The Balaban J connectivity index is 1.87. The number of aromatic nitrogens is 2. The second-order valence-corrected chi connectivity index (χ2v) is 8.36. The number of benzene rings is 1. The molecule has 2 atom stereocenters. The average Bonchev–Trinajstić information content (AvgIpc) is 2.67. The minimum absolute atomic E-state index is 0.0393. The van der Waals surface area contributed by atoms with Crippen molar-refractivity contribution in [3.63, 3.8) is 0 Å². The quantitative estimate of drug-likeness (QED) is 0.585. The lowest BCUT2D eigenvalue weighted by molar-refractivity contribution is -0.0464. The minimum atomic E-state index is -2.87. The molecule has 4 rings (SSSR count). The van der Waals surface area contributed by atoms with Gasteiger partial charge >= 0.3 is 0 Å². The van der Waals surface area contributed by atoms with E-state index in [0.29, 0.717) is 26.8 Å². The first-order valence-electron chi connectivity index (χ1n) is 9.31. The van der Waals surface area contributed by atoms with Gasteiger partial charge in [0.05, 0.1) is 10.9 Å². The highest BCUT2D eigenvalue weighted by molar-refractivity contribution is 6.35. The molecule has 156 valence electrons. The van der Waals surface area contributed by atoms with E-state index in [0.717, 1.165) is 0 Å². The van der Waals surface area contributed by atoms with Crippen molar-refractivity contribution in [1.29, 1.82) is 0 Å². The number of fused-ring (bicyclic) bond motifs is 1. The molecule has 1 aromatic carbocycles. The van der Waals surface area contributed by atoms with Crippen molar-refractivity contribution in [3.05, 3.63) is 73.7 Å². The number of nitrogens with one attached hydrogen (secondary N) is 1. The Hall–Kier alpha value is -2.51. The number of rotatable bonds is 3. The number of H-pyrrole nitrogens is 1. The maximum atomic E-state index is 14.4. The smallest absolute Gasteiger partial charge is 0.268 e. The first-order valence-corrected chi connectivity index (χ1v) is 10.1. The number of nitrogens with zero attached hydrogens (tertiary/aromatic N) is 1. The molecule has 0 aliphatic heterocycles. The molecule has 1 aliphatic rings. The van der Waals surface area contributed by atoms with Crippen molar-refractivity contribution in [2.45, 2.75) is 37.0 Å². The Labute approximate surface area is 180 Å². The topological polar surface area (TPSA) is 88.8 Å². The number of carbonyl (C=O) groups is 1. The third kappa shape index (κ3) is 3.79. The summed E-state index contributed by atoms with van der Waals surface area (Å²) in [5, 5.41) is 0.885. The number of nitrogens with two attached hydrogens (primary N) is 1. The van der Waals surface area contributed by atoms with E-state index in [4.69, 9.17) is 28.9 Å². The highest BCUT2D eigenvalue weighted by Gasteiger charge is 2.43. The zero-order chi connectivity index (χ0) is 21.6. The van der Waals surface area contributed by atoms with E-state index in [1.807, 2.05) is 0 Å². The van der Waals surface area contributed by atoms with Crippen LogP contribution in [0.5, 0.6) is 0 Å². The lowest BCUT2D eigenvalue weighted by atomic mass is 9.72. The standard InChI is InChI=1S/C21H17Cl2F2N3O2/c22-10-1-2-12(14(23)7-10)11-3-5-21(24,25)9-13(11)16-8-17(29)18-15(28-16)4-6-27-19(18)20(26)30/h1-2,4,6-8,11,13H,3,5,9H2,(H2,26,30)(H,28,29)/t11-,13?/m0/s1. The summed E-state index contributed by atoms with van der Waals surface area (Å²) in [6.45, 7) is 0. The van der Waals surface area contributed by atoms with Gasteiger partial charge in [-0.3, -0.25) is 14.6 Å². The molecule has 1 amide bonds. The van der Waals surface area contributed by atoms with E-state index in [9.17, 15) is 18.4 Å². The van der Waals surface area contributed by atoms with E-state index < -0.39 is 29.6 Å². The largest absolute Gasteiger partial charge is 0.364 e. The van der Waals surface area contributed by atoms with Crippen molar-refractivity contribution in [1.82, 2.24) is 9.97 Å². The predicted molar refractivity (Wildman–Crippen MR) is 112 cm³/mol. The molecule has 9 heteroatoms. The lowest BCUT2D eigenvalue weighted by Gasteiger charge is -2.37. The number of hydrogen-bond donors (Lipinski definition) is 2. The van der Waals surface area contributed by atoms with Gasteiger partial charge < -0.3 is 10.7 Å². The van der Waals surface area contributed by atoms with Crippen molar-refractivity contribution in [2.24, 2.45) is 5.73 Å². The number of pyridine rings is 2. The summed E-state index contributed by atoms with van der Waals surface area (Å²) in [6, 6.07) is 7.74. The summed E-state index contributed by atoms with van der Waals surface area (Å²) in [4.78, 5) is 31.3. The zero-order valence-corrected chi connectivity index (χ0v) is 17.1. The van der Waals surface area contributed by atoms with E-state index in [1.54, 1.807) is 18.2 Å². The molecule has 1 unspecified atom stereocenters. The number of halogens is 4. The fourth-order valence-electron chi connectivity index (χ4n) is 4.24. The SMILES string of the molecule is NC(=O)c1nccc2[nH]c(C3CC(F)(F)CC[C@H]3c3ccc(Cl)cc3Cl)cc(=O)c12. The van der Waals surface area contributed by atoms with Crippen molar-refractivity contribution in [3.8, 4) is 0 Å². The first kappa shape index (κ1) is 20.8. The summed E-state index contributed by atoms with van der Waals surface area (Å²) < 4.78 is 28.7. The number of aromatic amines is 1. The molecule has 30 heavy (non-hydrogen) atoms. The van der Waals surface area contributed by atoms with Crippen LogP contribution in [0.25, 0.3) is 10.9 Å². The predicted octanol–water partition coefficient (Wildman–Crippen LogP) is 5.02. The monoisotopic (exact) mass is 451 g/mol. The fourth-order valence-corrected chi connectivity index (χ4v) is 4.79. The van der Waals surface area contributed by atoms with Gasteiger partial charge in [-0.15, -0.1) is 0 Å². The molecule has 5 nitrogen and oxygen atoms in total. The molecule has 3 aromatic rings. The maximum absolute atomic E-state index is 14.4. The van der Waals surface area contributed by atoms with Crippen molar-refractivity contribution >= 4 is 40.0 Å². The first-order chi connectivity index (χ1) is 14.2. The second-order valence-electron chi connectivity index (χ2n) is 7.51. The minimum Gasteiger partial charge on any atom is -0.364 e. The van der Waals surface area contributed by atoms with E-state index >= 15 is 0 Å². The number of carbonyl (C=O) groups excluding carboxylic acids is 1. The number of hydrogen-bond acceptors (Lipinski definition) is 3. The summed E-state index contributed by atoms with van der Waals surface area (Å²) in [7, 11) is 0. The fraction of sp³-hybridized carbons (Fsp3) is 0.286. The van der Waals surface area contributed by atoms with Crippen molar-refractivity contribution in [2.75, 3.05) is 0 Å². The Morgan fingerprint density at radius 3 is 2.67 bits per heavy atom. The maximum Gasteiger partial charge on any atom is 0.268 e. The Bertz CT molecular complexity index is 1210. The van der Waals surface area contributed by atoms with Crippen LogP contribution in [0, 0.1) is 0 Å². The summed E-state index contributed by atoms with van der Waals surface area (Å²) in [5.41, 5.74) is 6.02. The molecule has 0 radical (unpaired) electrons. The average molecular weight is 452 g/mol. The molecular weight excluding hydrogens is 435 g/mol. The third-order valence-corrected chi connectivity index (χ3v) is 6.15. The molecule has 1 fully saturated rings. The van der Waals surface area contributed by atoms with Crippen LogP contribution < -0.4 is 11.2 Å². The van der Waals surface area contributed by atoms with Gasteiger partial charge in [-0.05, 0) is 36.1 Å². The van der Waals surface area contributed by atoms with Gasteiger partial charge in [0.15, 0.2) is 5.43 Å². The van der Waals surface area contributed by atoms with Crippen molar-refractivity contribution < 1.29 is 13.6 Å². The van der Waals surface area contributed by atoms with Crippen LogP contribution in [0.15, 0.2) is 41.3 Å². The van der Waals surface area contributed by atoms with E-state index in [2.05, 4.69) is 9.97 Å². The molecule has 3 N–H and O–H groups in total. The van der Waals surface area contributed by atoms with Gasteiger partial charge in [0.1, 0.15) is 5.69 Å². The molecule has 0 bridgehead atoms. The Morgan fingerprint density at radius 2 is 1.97 bits per heavy atom. The number of amides is 1. The molecule has 0 saturated heterocycles.